The van der Waals surface area contributed by atoms with E-state index in [2.05, 4.69) is 27.3 Å². The number of hydrogen-bond acceptors (Lipinski definition) is 8. The lowest BCUT2D eigenvalue weighted by Crippen LogP contribution is -2.34. The molecule has 1 atom stereocenters. The van der Waals surface area contributed by atoms with Crippen LogP contribution in [-0.2, 0) is 7.05 Å². The van der Waals surface area contributed by atoms with Crippen molar-refractivity contribution in [3.63, 3.8) is 0 Å². The normalized spacial score (nSPS) is 12.1. The lowest BCUT2D eigenvalue weighted by molar-refractivity contribution is 0.0939. The topological polar surface area (TPSA) is 133 Å². The highest BCUT2D eigenvalue weighted by atomic mass is 32.1. The standard InChI is InChI=1S/C30H30N8O2S/c1-5-16-32-28-25(26(31)36-37(28)4)29(39)33-18(2)27-35-23-13-9-10-20(14-15-21-17-41-19(3)34-21)24(23)30(40)38(27)22-11-7-6-8-12-22/h5-15,17-18,32H,1,16H2,2-4H3,(H2,31,36)(H,33,39)/b15-14+. The Morgan fingerprint density at radius 2 is 1.93 bits per heavy atom. The monoisotopic (exact) mass is 566 g/mol. The van der Waals surface area contributed by atoms with Gasteiger partial charge in [-0.25, -0.2) is 9.97 Å². The van der Waals surface area contributed by atoms with Gasteiger partial charge < -0.3 is 16.4 Å². The SMILES string of the molecule is C=CCNc1c(C(=O)NC(C)c2nc3cccc(/C=C/c4csc(C)n4)c3c(=O)n2-c2ccccc2)c(N)nn1C. The van der Waals surface area contributed by atoms with Gasteiger partial charge in [-0.1, -0.05) is 42.5 Å². The third kappa shape index (κ3) is 5.52. The first-order valence-corrected chi connectivity index (χ1v) is 13.9. The molecular weight excluding hydrogens is 536 g/mol. The van der Waals surface area contributed by atoms with Crippen LogP contribution in [0.2, 0.25) is 0 Å². The van der Waals surface area contributed by atoms with Crippen LogP contribution in [0.25, 0.3) is 28.7 Å². The number of nitrogens with zero attached hydrogens (tertiary/aromatic N) is 5. The zero-order valence-corrected chi connectivity index (χ0v) is 23.8. The number of aromatic nitrogens is 5. The smallest absolute Gasteiger partial charge is 0.266 e. The average molecular weight is 567 g/mol. The van der Waals surface area contributed by atoms with E-state index in [1.54, 1.807) is 42.0 Å². The summed E-state index contributed by atoms with van der Waals surface area (Å²) >= 11 is 1.56. The number of carbonyl (C=O) groups is 1. The van der Waals surface area contributed by atoms with Gasteiger partial charge in [-0.3, -0.25) is 18.8 Å². The highest BCUT2D eigenvalue weighted by molar-refractivity contribution is 7.09. The van der Waals surface area contributed by atoms with E-state index in [0.29, 0.717) is 34.8 Å². The number of para-hydroxylation sites is 1. The van der Waals surface area contributed by atoms with Gasteiger partial charge in [0, 0.05) is 19.0 Å². The Morgan fingerprint density at radius 1 is 1.15 bits per heavy atom. The van der Waals surface area contributed by atoms with Crippen LogP contribution in [0.3, 0.4) is 0 Å². The van der Waals surface area contributed by atoms with Crippen molar-refractivity contribution >= 4 is 51.9 Å². The zero-order chi connectivity index (χ0) is 29.1. The lowest BCUT2D eigenvalue weighted by atomic mass is 10.1. The van der Waals surface area contributed by atoms with E-state index >= 15 is 0 Å². The highest BCUT2D eigenvalue weighted by Gasteiger charge is 2.25. The van der Waals surface area contributed by atoms with Crippen LogP contribution in [0.4, 0.5) is 11.6 Å². The molecular formula is C30H30N8O2S. The van der Waals surface area contributed by atoms with Crippen LogP contribution in [0.5, 0.6) is 0 Å². The Kier molecular flexibility index (Phi) is 7.79. The molecule has 5 aromatic rings. The minimum atomic E-state index is -0.663. The molecule has 5 rings (SSSR count). The maximum atomic E-state index is 14.2. The van der Waals surface area contributed by atoms with Gasteiger partial charge in [0.25, 0.3) is 11.5 Å². The largest absolute Gasteiger partial charge is 0.381 e. The molecule has 2 aromatic carbocycles. The van der Waals surface area contributed by atoms with Crippen LogP contribution in [0.1, 0.15) is 45.4 Å². The summed E-state index contributed by atoms with van der Waals surface area (Å²) in [7, 11) is 1.70. The number of nitrogen functional groups attached to an aromatic ring is 1. The first-order chi connectivity index (χ1) is 19.8. The number of nitrogens with one attached hydrogen (secondary N) is 2. The number of fused-ring (bicyclic) bond motifs is 1. The minimum Gasteiger partial charge on any atom is -0.381 e. The summed E-state index contributed by atoms with van der Waals surface area (Å²) < 4.78 is 3.05. The van der Waals surface area contributed by atoms with Crippen molar-refractivity contribution < 1.29 is 4.79 Å². The highest BCUT2D eigenvalue weighted by Crippen LogP contribution is 2.25. The third-order valence-electron chi connectivity index (χ3n) is 6.49. The number of aryl methyl sites for hydroxylation is 2. The second kappa shape index (κ2) is 11.6. The molecule has 1 amide bonds. The Labute approximate surface area is 240 Å². The van der Waals surface area contributed by atoms with Crippen molar-refractivity contribution in [2.24, 2.45) is 7.05 Å². The van der Waals surface area contributed by atoms with E-state index < -0.39 is 11.9 Å². The van der Waals surface area contributed by atoms with Crippen molar-refractivity contribution in [1.82, 2.24) is 29.6 Å². The molecule has 0 fully saturated rings. The van der Waals surface area contributed by atoms with Crippen molar-refractivity contribution in [3.05, 3.63) is 105 Å². The molecule has 0 saturated carbocycles. The van der Waals surface area contributed by atoms with Crippen LogP contribution in [0.15, 0.2) is 71.4 Å². The molecule has 0 radical (unpaired) electrons. The fourth-order valence-electron chi connectivity index (χ4n) is 4.63. The molecule has 0 spiro atoms. The number of thiazole rings is 1. The van der Waals surface area contributed by atoms with E-state index in [4.69, 9.17) is 10.7 Å². The van der Waals surface area contributed by atoms with E-state index in [1.807, 2.05) is 66.9 Å². The van der Waals surface area contributed by atoms with Gasteiger partial charge in [0.1, 0.15) is 17.2 Å². The maximum Gasteiger partial charge on any atom is 0.266 e. The first-order valence-electron chi connectivity index (χ1n) is 13.0. The van der Waals surface area contributed by atoms with Gasteiger partial charge in [-0.15, -0.1) is 17.9 Å². The van der Waals surface area contributed by atoms with Gasteiger partial charge in [-0.2, -0.15) is 5.10 Å². The molecule has 4 N–H and O–H groups in total. The predicted molar refractivity (Wildman–Crippen MR) is 165 cm³/mol. The van der Waals surface area contributed by atoms with Gasteiger partial charge in [0.15, 0.2) is 5.82 Å². The molecule has 11 heteroatoms. The molecule has 0 saturated heterocycles. The Morgan fingerprint density at radius 3 is 2.63 bits per heavy atom. The van der Waals surface area contributed by atoms with Crippen molar-refractivity contribution in [2.45, 2.75) is 19.9 Å². The second-order valence-electron chi connectivity index (χ2n) is 9.41. The minimum absolute atomic E-state index is 0.0856. The fraction of sp³-hybridized carbons (Fsp3) is 0.167. The molecule has 0 aliphatic heterocycles. The summed E-state index contributed by atoms with van der Waals surface area (Å²) in [4.78, 5) is 37.0. The summed E-state index contributed by atoms with van der Waals surface area (Å²) in [5.74, 6) is 0.480. The quantitative estimate of drug-likeness (QED) is 0.220. The van der Waals surface area contributed by atoms with Crippen molar-refractivity contribution in [2.75, 3.05) is 17.6 Å². The van der Waals surface area contributed by atoms with Gasteiger partial charge in [0.2, 0.25) is 0 Å². The summed E-state index contributed by atoms with van der Waals surface area (Å²) in [6, 6.07) is 14.1. The Hall–Kier alpha value is -5.03. The van der Waals surface area contributed by atoms with E-state index in [9.17, 15) is 9.59 Å². The Balaban J connectivity index is 1.60. The summed E-state index contributed by atoms with van der Waals surface area (Å²) in [5, 5.41) is 13.7. The fourth-order valence-corrected chi connectivity index (χ4v) is 5.22. The number of nitrogens with two attached hydrogens (primary N) is 1. The maximum absolute atomic E-state index is 14.2. The van der Waals surface area contributed by atoms with Crippen LogP contribution in [0, 0.1) is 6.92 Å². The lowest BCUT2D eigenvalue weighted by Gasteiger charge is -2.20. The number of anilines is 2. The van der Waals surface area contributed by atoms with Gasteiger partial charge in [0.05, 0.1) is 33.3 Å². The number of carbonyl (C=O) groups excluding carboxylic acids is 1. The van der Waals surface area contributed by atoms with E-state index in [1.165, 1.54) is 4.68 Å². The number of rotatable bonds is 9. The average Bonchev–Trinajstić information content (AvgIpc) is 3.51. The molecule has 10 nitrogen and oxygen atoms in total. The first kappa shape index (κ1) is 27.5. The van der Waals surface area contributed by atoms with E-state index in [0.717, 1.165) is 16.3 Å². The summed E-state index contributed by atoms with van der Waals surface area (Å²) in [6.45, 7) is 7.86. The number of benzene rings is 2. The van der Waals surface area contributed by atoms with Crippen molar-refractivity contribution in [1.29, 1.82) is 0 Å². The van der Waals surface area contributed by atoms with Gasteiger partial charge >= 0.3 is 0 Å². The molecule has 3 aromatic heterocycles. The number of hydrogen-bond donors (Lipinski definition) is 3. The van der Waals surface area contributed by atoms with Crippen molar-refractivity contribution in [3.8, 4) is 5.69 Å². The molecule has 0 aliphatic carbocycles. The third-order valence-corrected chi connectivity index (χ3v) is 7.28. The van der Waals surface area contributed by atoms with Gasteiger partial charge in [-0.05, 0) is 43.7 Å². The predicted octanol–water partition coefficient (Wildman–Crippen LogP) is 4.73. The summed E-state index contributed by atoms with van der Waals surface area (Å²) in [6.07, 6.45) is 5.44. The van der Waals surface area contributed by atoms with Crippen LogP contribution < -0.4 is 21.9 Å². The molecule has 0 aliphatic rings. The number of amides is 1. The van der Waals surface area contributed by atoms with Crippen LogP contribution in [-0.4, -0.2) is 36.8 Å². The van der Waals surface area contributed by atoms with E-state index in [-0.39, 0.29) is 16.9 Å². The molecule has 41 heavy (non-hydrogen) atoms. The molecule has 0 bridgehead atoms. The zero-order valence-electron chi connectivity index (χ0n) is 23.0. The summed E-state index contributed by atoms with van der Waals surface area (Å²) in [5.41, 5.74) is 8.75. The van der Waals surface area contributed by atoms with Crippen LogP contribution >= 0.6 is 11.3 Å². The molecule has 1 unspecified atom stereocenters. The molecule has 208 valence electrons. The second-order valence-corrected chi connectivity index (χ2v) is 10.5. The Bertz CT molecular complexity index is 1830. The molecule has 3 heterocycles.